The van der Waals surface area contributed by atoms with Crippen LogP contribution in [0.3, 0.4) is 0 Å². The number of pyridine rings is 1. The van der Waals surface area contributed by atoms with Crippen LogP contribution < -0.4 is 4.90 Å². The average Bonchev–Trinajstić information content (AvgIpc) is 2.38. The number of thioether (sulfide) groups is 1. The zero-order valence-corrected chi connectivity index (χ0v) is 12.0. The standard InChI is InChI=1S/C13H19ClN2S/c1-3-12-6-11(8-14)7-13(15-12)16-4-5-17-10(2)9-16/h6-7,10H,3-5,8-9H2,1-2H3. The molecule has 1 aromatic heterocycles. The molecule has 1 aromatic rings. The predicted octanol–water partition coefficient (Wildman–Crippen LogP) is 3.32. The van der Waals surface area contributed by atoms with Crippen LogP contribution in [-0.4, -0.2) is 29.1 Å². The van der Waals surface area contributed by atoms with Crippen molar-refractivity contribution in [2.75, 3.05) is 23.7 Å². The molecule has 1 saturated heterocycles. The van der Waals surface area contributed by atoms with Crippen molar-refractivity contribution in [3.63, 3.8) is 0 Å². The Morgan fingerprint density at radius 2 is 2.35 bits per heavy atom. The van der Waals surface area contributed by atoms with Crippen molar-refractivity contribution in [1.82, 2.24) is 4.98 Å². The van der Waals surface area contributed by atoms with Crippen molar-refractivity contribution >= 4 is 29.2 Å². The lowest BCUT2D eigenvalue weighted by Crippen LogP contribution is -2.37. The van der Waals surface area contributed by atoms with Crippen LogP contribution in [-0.2, 0) is 12.3 Å². The van der Waals surface area contributed by atoms with Crippen LogP contribution in [0.1, 0.15) is 25.1 Å². The minimum Gasteiger partial charge on any atom is -0.355 e. The fraction of sp³-hybridized carbons (Fsp3) is 0.615. The average molecular weight is 271 g/mol. The Bertz CT molecular complexity index is 361. The Morgan fingerprint density at radius 1 is 1.53 bits per heavy atom. The highest BCUT2D eigenvalue weighted by molar-refractivity contribution is 8.00. The predicted molar refractivity (Wildman–Crippen MR) is 77.3 cm³/mol. The van der Waals surface area contributed by atoms with Gasteiger partial charge in [-0.15, -0.1) is 11.6 Å². The Hall–Kier alpha value is -0.410. The van der Waals surface area contributed by atoms with E-state index in [1.165, 1.54) is 11.3 Å². The van der Waals surface area contributed by atoms with Gasteiger partial charge < -0.3 is 4.90 Å². The van der Waals surface area contributed by atoms with Gasteiger partial charge in [0.1, 0.15) is 5.82 Å². The second-order valence-corrected chi connectivity index (χ2v) is 6.25. The van der Waals surface area contributed by atoms with E-state index < -0.39 is 0 Å². The summed E-state index contributed by atoms with van der Waals surface area (Å²) in [4.78, 5) is 7.10. The third-order valence-corrected chi connectivity index (χ3v) is 4.45. The first-order chi connectivity index (χ1) is 8.22. The number of anilines is 1. The second kappa shape index (κ2) is 5.96. The van der Waals surface area contributed by atoms with Gasteiger partial charge in [0.05, 0.1) is 0 Å². The SMILES string of the molecule is CCc1cc(CCl)cc(N2CCSC(C)C2)n1. The molecule has 0 aliphatic carbocycles. The summed E-state index contributed by atoms with van der Waals surface area (Å²) in [5.74, 6) is 2.86. The van der Waals surface area contributed by atoms with E-state index in [2.05, 4.69) is 30.9 Å². The van der Waals surface area contributed by atoms with Crippen molar-refractivity contribution in [2.45, 2.75) is 31.4 Å². The van der Waals surface area contributed by atoms with Gasteiger partial charge in [0, 0.05) is 35.7 Å². The maximum Gasteiger partial charge on any atom is 0.129 e. The zero-order chi connectivity index (χ0) is 12.3. The van der Waals surface area contributed by atoms with Crippen molar-refractivity contribution in [3.8, 4) is 0 Å². The molecular weight excluding hydrogens is 252 g/mol. The number of aryl methyl sites for hydroxylation is 1. The monoisotopic (exact) mass is 270 g/mol. The molecule has 2 rings (SSSR count). The van der Waals surface area contributed by atoms with E-state index in [9.17, 15) is 0 Å². The first-order valence-corrected chi connectivity index (χ1v) is 7.73. The van der Waals surface area contributed by atoms with Crippen LogP contribution in [0.15, 0.2) is 12.1 Å². The van der Waals surface area contributed by atoms with Gasteiger partial charge in [0.25, 0.3) is 0 Å². The first-order valence-electron chi connectivity index (χ1n) is 6.15. The highest BCUT2D eigenvalue weighted by Crippen LogP contribution is 2.24. The lowest BCUT2D eigenvalue weighted by molar-refractivity contribution is 0.765. The number of hydrogen-bond donors (Lipinski definition) is 0. The van der Waals surface area contributed by atoms with Crippen LogP contribution in [0.2, 0.25) is 0 Å². The maximum atomic E-state index is 5.95. The molecule has 1 unspecified atom stereocenters. The van der Waals surface area contributed by atoms with E-state index in [1.807, 2.05) is 11.8 Å². The lowest BCUT2D eigenvalue weighted by Gasteiger charge is -2.32. The molecule has 0 bridgehead atoms. The van der Waals surface area contributed by atoms with Gasteiger partial charge >= 0.3 is 0 Å². The summed E-state index contributed by atoms with van der Waals surface area (Å²) in [5.41, 5.74) is 2.32. The van der Waals surface area contributed by atoms with E-state index in [-0.39, 0.29) is 0 Å². The number of hydrogen-bond acceptors (Lipinski definition) is 3. The van der Waals surface area contributed by atoms with Gasteiger partial charge in [0.15, 0.2) is 0 Å². The Balaban J connectivity index is 2.23. The Kier molecular flexibility index (Phi) is 4.57. The van der Waals surface area contributed by atoms with Crippen LogP contribution in [0.4, 0.5) is 5.82 Å². The van der Waals surface area contributed by atoms with E-state index in [1.54, 1.807) is 0 Å². The Labute approximate surface area is 113 Å². The molecule has 1 atom stereocenters. The van der Waals surface area contributed by atoms with Gasteiger partial charge in [-0.3, -0.25) is 0 Å². The molecule has 0 radical (unpaired) electrons. The molecule has 2 heterocycles. The van der Waals surface area contributed by atoms with E-state index in [0.29, 0.717) is 11.1 Å². The van der Waals surface area contributed by atoms with E-state index in [0.717, 1.165) is 31.0 Å². The minimum absolute atomic E-state index is 0.570. The van der Waals surface area contributed by atoms with Crippen LogP contribution >= 0.6 is 23.4 Å². The molecule has 4 heteroatoms. The van der Waals surface area contributed by atoms with Gasteiger partial charge in [0.2, 0.25) is 0 Å². The summed E-state index contributed by atoms with van der Waals surface area (Å²) in [6.07, 6.45) is 0.968. The van der Waals surface area contributed by atoms with E-state index >= 15 is 0 Å². The molecule has 0 aromatic carbocycles. The largest absolute Gasteiger partial charge is 0.355 e. The molecule has 2 nitrogen and oxygen atoms in total. The smallest absolute Gasteiger partial charge is 0.129 e. The summed E-state index contributed by atoms with van der Waals surface area (Å²) >= 11 is 7.99. The van der Waals surface area contributed by atoms with Crippen molar-refractivity contribution in [3.05, 3.63) is 23.4 Å². The Morgan fingerprint density at radius 3 is 3.00 bits per heavy atom. The summed E-state index contributed by atoms with van der Waals surface area (Å²) in [7, 11) is 0. The summed E-state index contributed by atoms with van der Waals surface area (Å²) in [6, 6.07) is 4.24. The fourth-order valence-electron chi connectivity index (χ4n) is 2.08. The van der Waals surface area contributed by atoms with Gasteiger partial charge in [-0.05, 0) is 24.1 Å². The lowest BCUT2D eigenvalue weighted by atomic mass is 10.2. The van der Waals surface area contributed by atoms with Crippen molar-refractivity contribution < 1.29 is 0 Å². The van der Waals surface area contributed by atoms with E-state index in [4.69, 9.17) is 16.6 Å². The molecule has 1 aliphatic heterocycles. The molecule has 1 fully saturated rings. The molecule has 0 spiro atoms. The first kappa shape index (κ1) is 13.0. The summed E-state index contributed by atoms with van der Waals surface area (Å²) < 4.78 is 0. The molecule has 1 aliphatic rings. The zero-order valence-electron chi connectivity index (χ0n) is 10.4. The summed E-state index contributed by atoms with van der Waals surface area (Å²) in [5, 5.41) is 0.690. The molecule has 0 N–H and O–H groups in total. The number of rotatable bonds is 3. The molecule has 0 saturated carbocycles. The second-order valence-electron chi connectivity index (χ2n) is 4.44. The minimum atomic E-state index is 0.570. The number of alkyl halides is 1. The normalized spacial score (nSPS) is 20.6. The molecule has 94 valence electrons. The molecular formula is C13H19ClN2S. The van der Waals surface area contributed by atoms with Crippen LogP contribution in [0.5, 0.6) is 0 Å². The highest BCUT2D eigenvalue weighted by Gasteiger charge is 2.18. The van der Waals surface area contributed by atoms with Gasteiger partial charge in [-0.25, -0.2) is 4.98 Å². The topological polar surface area (TPSA) is 16.1 Å². The molecule has 17 heavy (non-hydrogen) atoms. The highest BCUT2D eigenvalue weighted by atomic mass is 35.5. The maximum absolute atomic E-state index is 5.95. The third-order valence-electron chi connectivity index (χ3n) is 3.01. The number of halogens is 1. The quantitative estimate of drug-likeness (QED) is 0.784. The van der Waals surface area contributed by atoms with Gasteiger partial charge in [-0.2, -0.15) is 11.8 Å². The molecule has 0 amide bonds. The summed E-state index contributed by atoms with van der Waals surface area (Å²) in [6.45, 7) is 6.60. The van der Waals surface area contributed by atoms with Crippen LogP contribution in [0.25, 0.3) is 0 Å². The number of aromatic nitrogens is 1. The van der Waals surface area contributed by atoms with Crippen molar-refractivity contribution in [2.24, 2.45) is 0 Å². The number of nitrogens with zero attached hydrogens (tertiary/aromatic N) is 2. The van der Waals surface area contributed by atoms with Crippen molar-refractivity contribution in [1.29, 1.82) is 0 Å². The fourth-order valence-corrected chi connectivity index (χ4v) is 3.25. The van der Waals surface area contributed by atoms with Gasteiger partial charge in [-0.1, -0.05) is 13.8 Å². The van der Waals surface area contributed by atoms with Crippen LogP contribution in [0, 0.1) is 0 Å². The third kappa shape index (κ3) is 3.29.